The molecule has 0 aliphatic heterocycles. The highest BCUT2D eigenvalue weighted by atomic mass is 35.5. The van der Waals surface area contributed by atoms with Crippen LogP contribution in [0.2, 0.25) is 10.0 Å². The Morgan fingerprint density at radius 3 is 2.24 bits per heavy atom. The molecule has 2 amide bonds. The molecule has 3 rings (SSSR count). The van der Waals surface area contributed by atoms with E-state index >= 15 is 0 Å². The summed E-state index contributed by atoms with van der Waals surface area (Å²) in [6, 6.07) is 14.5. The fourth-order valence-electron chi connectivity index (χ4n) is 2.83. The smallest absolute Gasteiger partial charge is 0.240 e. The molecule has 2 aromatic carbocycles. The van der Waals surface area contributed by atoms with Gasteiger partial charge in [0.1, 0.15) is 5.41 Å². The lowest BCUT2D eigenvalue weighted by molar-refractivity contribution is -0.141. The van der Waals surface area contributed by atoms with E-state index in [0.29, 0.717) is 35.1 Å². The number of hydrogen-bond acceptors (Lipinski definition) is 2. The van der Waals surface area contributed by atoms with Crippen LogP contribution in [-0.2, 0) is 16.1 Å². The van der Waals surface area contributed by atoms with Crippen molar-refractivity contribution in [3.63, 3.8) is 0 Å². The van der Waals surface area contributed by atoms with Crippen LogP contribution in [0.5, 0.6) is 0 Å². The van der Waals surface area contributed by atoms with Crippen molar-refractivity contribution >= 4 is 40.7 Å². The van der Waals surface area contributed by atoms with Crippen molar-refractivity contribution in [1.82, 2.24) is 4.90 Å². The summed E-state index contributed by atoms with van der Waals surface area (Å²) in [5.74, 6) is -0.474. The van der Waals surface area contributed by atoms with Crippen LogP contribution < -0.4 is 5.32 Å². The minimum atomic E-state index is -0.988. The Balaban J connectivity index is 1.70. The van der Waals surface area contributed by atoms with E-state index < -0.39 is 5.41 Å². The Hall–Kier alpha value is -2.04. The van der Waals surface area contributed by atoms with Gasteiger partial charge < -0.3 is 10.2 Å². The van der Waals surface area contributed by atoms with Crippen molar-refractivity contribution in [3.8, 4) is 0 Å². The van der Waals surface area contributed by atoms with Crippen molar-refractivity contribution in [1.29, 1.82) is 0 Å². The molecule has 0 bridgehead atoms. The van der Waals surface area contributed by atoms with Gasteiger partial charge in [-0.3, -0.25) is 9.59 Å². The summed E-state index contributed by atoms with van der Waals surface area (Å²) in [5.41, 5.74) is 0.529. The normalized spacial score (nSPS) is 14.7. The second-order valence-corrected chi connectivity index (χ2v) is 7.21. The van der Waals surface area contributed by atoms with Crippen LogP contribution in [-0.4, -0.2) is 23.8 Å². The molecule has 2 aromatic rings. The number of nitrogens with one attached hydrogen (secondary N) is 1. The van der Waals surface area contributed by atoms with Crippen LogP contribution in [0.25, 0.3) is 0 Å². The molecular formula is C19H18Cl2N2O2. The second-order valence-electron chi connectivity index (χ2n) is 6.34. The van der Waals surface area contributed by atoms with Crippen molar-refractivity contribution in [2.24, 2.45) is 5.41 Å². The summed E-state index contributed by atoms with van der Waals surface area (Å²) in [5, 5.41) is 3.63. The van der Waals surface area contributed by atoms with Crippen molar-refractivity contribution in [3.05, 3.63) is 64.1 Å². The maximum Gasteiger partial charge on any atom is 0.240 e. The number of rotatable bonds is 5. The Morgan fingerprint density at radius 1 is 1.08 bits per heavy atom. The molecule has 0 aromatic heterocycles. The highest BCUT2D eigenvalue weighted by molar-refractivity contribution is 6.35. The molecule has 1 fully saturated rings. The van der Waals surface area contributed by atoms with Crippen LogP contribution in [0.4, 0.5) is 5.69 Å². The van der Waals surface area contributed by atoms with Gasteiger partial charge in [0, 0.05) is 29.3 Å². The SMILES string of the molecule is CN(Cc1ccccc1)C(=O)C1(C(=O)Nc2cc(Cl)cc(Cl)c2)CC1. The number of halogens is 2. The molecule has 6 heteroatoms. The third kappa shape index (κ3) is 3.97. The summed E-state index contributed by atoms with van der Waals surface area (Å²) in [7, 11) is 1.72. The number of benzene rings is 2. The molecule has 1 saturated carbocycles. The maximum atomic E-state index is 12.8. The molecular weight excluding hydrogens is 359 g/mol. The van der Waals surface area contributed by atoms with Gasteiger partial charge in [-0.1, -0.05) is 53.5 Å². The molecule has 0 radical (unpaired) electrons. The molecule has 1 aliphatic carbocycles. The van der Waals surface area contributed by atoms with Crippen molar-refractivity contribution in [2.75, 3.05) is 12.4 Å². The Morgan fingerprint density at radius 2 is 1.68 bits per heavy atom. The number of amides is 2. The Bertz CT molecular complexity index is 784. The van der Waals surface area contributed by atoms with Crippen molar-refractivity contribution in [2.45, 2.75) is 19.4 Å². The lowest BCUT2D eigenvalue weighted by Gasteiger charge is -2.23. The molecule has 0 saturated heterocycles. The zero-order valence-electron chi connectivity index (χ0n) is 13.8. The molecule has 1 aliphatic rings. The topological polar surface area (TPSA) is 49.4 Å². The van der Waals surface area contributed by atoms with Crippen molar-refractivity contribution < 1.29 is 9.59 Å². The van der Waals surface area contributed by atoms with Crippen LogP contribution in [0, 0.1) is 5.41 Å². The van der Waals surface area contributed by atoms with Gasteiger partial charge in [0.25, 0.3) is 0 Å². The zero-order valence-corrected chi connectivity index (χ0v) is 15.3. The van der Waals surface area contributed by atoms with Gasteiger partial charge in [-0.2, -0.15) is 0 Å². The molecule has 0 heterocycles. The molecule has 0 atom stereocenters. The highest BCUT2D eigenvalue weighted by Gasteiger charge is 2.57. The average Bonchev–Trinajstić information content (AvgIpc) is 3.36. The predicted octanol–water partition coefficient (Wildman–Crippen LogP) is 4.37. The monoisotopic (exact) mass is 376 g/mol. The van der Waals surface area contributed by atoms with Gasteiger partial charge in [-0.25, -0.2) is 0 Å². The van der Waals surface area contributed by atoms with Crippen LogP contribution >= 0.6 is 23.2 Å². The molecule has 4 nitrogen and oxygen atoms in total. The first kappa shape index (κ1) is 17.8. The average molecular weight is 377 g/mol. The van der Waals surface area contributed by atoms with Gasteiger partial charge in [-0.05, 0) is 36.6 Å². The minimum Gasteiger partial charge on any atom is -0.340 e. The van der Waals surface area contributed by atoms with E-state index in [1.54, 1.807) is 30.1 Å². The summed E-state index contributed by atoms with van der Waals surface area (Å²) in [4.78, 5) is 27.1. The number of hydrogen-bond donors (Lipinski definition) is 1. The van der Waals surface area contributed by atoms with E-state index in [0.717, 1.165) is 5.56 Å². The van der Waals surface area contributed by atoms with E-state index in [1.807, 2.05) is 30.3 Å². The molecule has 130 valence electrons. The predicted molar refractivity (Wildman–Crippen MR) is 99.7 cm³/mol. The highest BCUT2D eigenvalue weighted by Crippen LogP contribution is 2.48. The number of carbonyl (C=O) groups excluding carboxylic acids is 2. The summed E-state index contributed by atoms with van der Waals surface area (Å²) in [6.07, 6.45) is 1.09. The Labute approximate surface area is 156 Å². The van der Waals surface area contributed by atoms with E-state index in [2.05, 4.69) is 5.32 Å². The number of nitrogens with zero attached hydrogens (tertiary/aromatic N) is 1. The lowest BCUT2D eigenvalue weighted by atomic mass is 10.0. The zero-order chi connectivity index (χ0) is 18.0. The Kier molecular flexibility index (Phi) is 5.02. The number of anilines is 1. The van der Waals surface area contributed by atoms with Gasteiger partial charge in [0.2, 0.25) is 11.8 Å². The quantitative estimate of drug-likeness (QED) is 0.787. The fraction of sp³-hybridized carbons (Fsp3) is 0.263. The molecule has 25 heavy (non-hydrogen) atoms. The van der Waals surface area contributed by atoms with E-state index in [4.69, 9.17) is 23.2 Å². The summed E-state index contributed by atoms with van der Waals surface area (Å²) < 4.78 is 0. The first-order chi connectivity index (χ1) is 11.9. The summed E-state index contributed by atoms with van der Waals surface area (Å²) in [6.45, 7) is 0.470. The molecule has 0 spiro atoms. The lowest BCUT2D eigenvalue weighted by Crippen LogP contribution is -2.40. The van der Waals surface area contributed by atoms with Gasteiger partial charge in [0.15, 0.2) is 0 Å². The van der Waals surface area contributed by atoms with Gasteiger partial charge >= 0.3 is 0 Å². The fourth-order valence-corrected chi connectivity index (χ4v) is 3.36. The summed E-state index contributed by atoms with van der Waals surface area (Å²) >= 11 is 11.9. The standard InChI is InChI=1S/C19H18Cl2N2O2/c1-23(12-13-5-3-2-4-6-13)18(25)19(7-8-19)17(24)22-16-10-14(20)9-15(21)11-16/h2-6,9-11H,7-8,12H2,1H3,(H,22,24). The number of carbonyl (C=O) groups is 2. The second kappa shape index (κ2) is 7.06. The molecule has 1 N–H and O–H groups in total. The van der Waals surface area contributed by atoms with Crippen LogP contribution in [0.15, 0.2) is 48.5 Å². The minimum absolute atomic E-state index is 0.165. The van der Waals surface area contributed by atoms with E-state index in [1.165, 1.54) is 0 Å². The largest absolute Gasteiger partial charge is 0.340 e. The van der Waals surface area contributed by atoms with Gasteiger partial charge in [-0.15, -0.1) is 0 Å². The maximum absolute atomic E-state index is 12.8. The van der Waals surface area contributed by atoms with Crippen LogP contribution in [0.1, 0.15) is 18.4 Å². The first-order valence-corrected chi connectivity index (χ1v) is 8.73. The first-order valence-electron chi connectivity index (χ1n) is 7.98. The third-order valence-corrected chi connectivity index (χ3v) is 4.76. The van der Waals surface area contributed by atoms with E-state index in [9.17, 15) is 9.59 Å². The van der Waals surface area contributed by atoms with Gasteiger partial charge in [0.05, 0.1) is 0 Å². The van der Waals surface area contributed by atoms with Crippen LogP contribution in [0.3, 0.4) is 0 Å². The molecule has 0 unspecified atom stereocenters. The van der Waals surface area contributed by atoms with E-state index in [-0.39, 0.29) is 11.8 Å². The third-order valence-electron chi connectivity index (χ3n) is 4.32.